The maximum absolute atomic E-state index is 13.4. The highest BCUT2D eigenvalue weighted by molar-refractivity contribution is 6.02. The van der Waals surface area contributed by atoms with E-state index in [2.05, 4.69) is 27.5 Å². The van der Waals surface area contributed by atoms with Gasteiger partial charge >= 0.3 is 0 Å². The molecule has 0 aromatic heterocycles. The topological polar surface area (TPSA) is 64.7 Å². The molecular weight excluding hydrogens is 436 g/mol. The van der Waals surface area contributed by atoms with Crippen LogP contribution in [0.3, 0.4) is 0 Å². The van der Waals surface area contributed by atoms with Crippen LogP contribution in [-0.4, -0.2) is 56.0 Å². The lowest BCUT2D eigenvalue weighted by atomic mass is 10.0. The van der Waals surface area contributed by atoms with Crippen LogP contribution in [0, 0.1) is 0 Å². The van der Waals surface area contributed by atoms with Crippen LogP contribution in [-0.2, 0) is 11.2 Å². The van der Waals surface area contributed by atoms with E-state index in [1.165, 1.54) is 0 Å². The number of anilines is 2. The molecular formula is C29H36N4O2. The van der Waals surface area contributed by atoms with Crippen molar-refractivity contribution in [1.29, 1.82) is 0 Å². The quantitative estimate of drug-likeness (QED) is 0.534. The average molecular weight is 473 g/mol. The van der Waals surface area contributed by atoms with Gasteiger partial charge in [0.05, 0.1) is 11.4 Å². The molecule has 2 amide bonds. The van der Waals surface area contributed by atoms with Crippen LogP contribution < -0.4 is 15.5 Å². The Labute approximate surface area is 209 Å². The lowest BCUT2D eigenvalue weighted by Gasteiger charge is -2.35. The maximum atomic E-state index is 13.4. The predicted octanol–water partition coefficient (Wildman–Crippen LogP) is 4.44. The molecule has 1 fully saturated rings. The molecule has 4 rings (SSSR count). The number of piperazine rings is 1. The molecule has 2 N–H and O–H groups in total. The van der Waals surface area contributed by atoms with Crippen LogP contribution in [0.1, 0.15) is 29.8 Å². The Morgan fingerprint density at radius 2 is 1.37 bits per heavy atom. The molecule has 0 radical (unpaired) electrons. The zero-order valence-corrected chi connectivity index (χ0v) is 20.9. The first-order chi connectivity index (χ1) is 17.1. The molecule has 6 heteroatoms. The molecule has 6 nitrogen and oxygen atoms in total. The first-order valence-electron chi connectivity index (χ1n) is 12.3. The zero-order chi connectivity index (χ0) is 25.0. The van der Waals surface area contributed by atoms with Gasteiger partial charge in [0, 0.05) is 38.2 Å². The molecule has 184 valence electrons. The van der Waals surface area contributed by atoms with Crippen LogP contribution in [0.4, 0.5) is 11.4 Å². The van der Waals surface area contributed by atoms with Crippen molar-refractivity contribution in [2.45, 2.75) is 26.3 Å². The zero-order valence-electron chi connectivity index (χ0n) is 20.9. The fraction of sp³-hybridized carbons (Fsp3) is 0.310. The van der Waals surface area contributed by atoms with Gasteiger partial charge < -0.3 is 20.4 Å². The van der Waals surface area contributed by atoms with Crippen LogP contribution in [0.15, 0.2) is 84.9 Å². The van der Waals surface area contributed by atoms with Gasteiger partial charge in [0.15, 0.2) is 0 Å². The smallest absolute Gasteiger partial charge is 0.251 e. The van der Waals surface area contributed by atoms with Gasteiger partial charge in [-0.1, -0.05) is 74.5 Å². The third-order valence-corrected chi connectivity index (χ3v) is 5.95. The summed E-state index contributed by atoms with van der Waals surface area (Å²) in [4.78, 5) is 30.9. The molecule has 1 saturated heterocycles. The van der Waals surface area contributed by atoms with E-state index in [-0.39, 0.29) is 11.8 Å². The maximum Gasteiger partial charge on any atom is 0.251 e. The number of hydrogen-bond donors (Lipinski definition) is 2. The molecule has 1 aliphatic heterocycles. The van der Waals surface area contributed by atoms with Gasteiger partial charge in [-0.15, -0.1) is 0 Å². The minimum absolute atomic E-state index is 0.232. The summed E-state index contributed by atoms with van der Waals surface area (Å²) < 4.78 is 0. The van der Waals surface area contributed by atoms with Gasteiger partial charge in [-0.05, 0) is 36.9 Å². The van der Waals surface area contributed by atoms with Crippen molar-refractivity contribution < 1.29 is 9.59 Å². The fourth-order valence-corrected chi connectivity index (χ4v) is 4.01. The fourth-order valence-electron chi connectivity index (χ4n) is 4.01. The van der Waals surface area contributed by atoms with Gasteiger partial charge in [-0.2, -0.15) is 0 Å². The van der Waals surface area contributed by atoms with Crippen molar-refractivity contribution in [3.8, 4) is 0 Å². The summed E-state index contributed by atoms with van der Waals surface area (Å²) >= 11 is 0. The van der Waals surface area contributed by atoms with E-state index in [1.807, 2.05) is 86.6 Å². The molecule has 1 heterocycles. The lowest BCUT2D eigenvalue weighted by Crippen LogP contribution is -2.46. The van der Waals surface area contributed by atoms with Crippen molar-refractivity contribution in [3.05, 3.63) is 96.1 Å². The first-order valence-corrected chi connectivity index (χ1v) is 12.3. The molecule has 0 aliphatic carbocycles. The summed E-state index contributed by atoms with van der Waals surface area (Å²) in [5.74, 6) is -0.497. The van der Waals surface area contributed by atoms with Crippen LogP contribution >= 0.6 is 0 Å². The number of carbonyl (C=O) groups excluding carboxylic acids is 2. The summed E-state index contributed by atoms with van der Waals surface area (Å²) in [6.45, 7) is 7.77. The van der Waals surface area contributed by atoms with Crippen molar-refractivity contribution in [1.82, 2.24) is 10.2 Å². The van der Waals surface area contributed by atoms with Gasteiger partial charge in [0.25, 0.3) is 5.91 Å². The lowest BCUT2D eigenvalue weighted by molar-refractivity contribution is -0.118. The monoisotopic (exact) mass is 472 g/mol. The largest absolute Gasteiger partial charge is 0.367 e. The van der Waals surface area contributed by atoms with Gasteiger partial charge in [0.1, 0.15) is 6.04 Å². The van der Waals surface area contributed by atoms with E-state index in [0.29, 0.717) is 12.0 Å². The molecule has 35 heavy (non-hydrogen) atoms. The summed E-state index contributed by atoms with van der Waals surface area (Å²) in [6, 6.07) is 25.9. The van der Waals surface area contributed by atoms with Crippen molar-refractivity contribution in [2.24, 2.45) is 0 Å². The first kappa shape index (κ1) is 26.0. The summed E-state index contributed by atoms with van der Waals surface area (Å²) in [6.07, 6.45) is 0.405. The van der Waals surface area contributed by atoms with Crippen LogP contribution in [0.5, 0.6) is 0 Å². The molecule has 1 aliphatic rings. The highest BCUT2D eigenvalue weighted by atomic mass is 16.2. The number of amides is 2. The van der Waals surface area contributed by atoms with Gasteiger partial charge in [-0.3, -0.25) is 9.59 Å². The number of hydrogen-bond acceptors (Lipinski definition) is 4. The predicted molar refractivity (Wildman–Crippen MR) is 144 cm³/mol. The van der Waals surface area contributed by atoms with E-state index in [1.54, 1.807) is 12.1 Å². The Hall–Kier alpha value is -3.64. The Morgan fingerprint density at radius 3 is 2.03 bits per heavy atom. The van der Waals surface area contributed by atoms with E-state index in [0.717, 1.165) is 43.1 Å². The number of nitrogens with one attached hydrogen (secondary N) is 2. The van der Waals surface area contributed by atoms with E-state index >= 15 is 0 Å². The number of benzene rings is 3. The molecule has 1 atom stereocenters. The second-order valence-corrected chi connectivity index (χ2v) is 8.38. The van der Waals surface area contributed by atoms with E-state index in [9.17, 15) is 9.59 Å². The molecule has 3 aromatic rings. The third-order valence-electron chi connectivity index (χ3n) is 5.95. The summed E-state index contributed by atoms with van der Waals surface area (Å²) in [5.41, 5.74) is 3.28. The molecule has 0 saturated carbocycles. The summed E-state index contributed by atoms with van der Waals surface area (Å²) in [7, 11) is 2.12. The van der Waals surface area contributed by atoms with Crippen LogP contribution in [0.25, 0.3) is 0 Å². The normalized spacial score (nSPS) is 14.3. The highest BCUT2D eigenvalue weighted by Gasteiger charge is 2.24. The number of carbonyl (C=O) groups is 2. The van der Waals surface area contributed by atoms with Crippen molar-refractivity contribution in [2.75, 3.05) is 43.4 Å². The van der Waals surface area contributed by atoms with Gasteiger partial charge in [-0.25, -0.2) is 0 Å². The Balaban J connectivity index is 0.00000167. The second kappa shape index (κ2) is 13.3. The highest BCUT2D eigenvalue weighted by Crippen LogP contribution is 2.27. The number of para-hydroxylation sites is 2. The molecule has 0 spiro atoms. The standard InChI is InChI=1S/C27H30N4O2.C2H6/c1-30-16-18-31(19-17-30)25-15-9-8-14-23(25)28-27(33)24(20-21-10-4-2-5-11-21)29-26(32)22-12-6-3-7-13-22;1-2/h2-15,24H,16-20H2,1H3,(H,28,33)(H,29,32);1-2H3. The molecule has 0 bridgehead atoms. The minimum Gasteiger partial charge on any atom is -0.367 e. The SMILES string of the molecule is CC.CN1CCN(c2ccccc2NC(=O)C(Cc2ccccc2)NC(=O)c2ccccc2)CC1. The second-order valence-electron chi connectivity index (χ2n) is 8.38. The van der Waals surface area contributed by atoms with Crippen molar-refractivity contribution >= 4 is 23.2 Å². The number of likely N-dealkylation sites (N-methyl/N-ethyl adjacent to an activating group) is 1. The number of nitrogens with zero attached hydrogens (tertiary/aromatic N) is 2. The molecule has 1 unspecified atom stereocenters. The average Bonchev–Trinajstić information content (AvgIpc) is 2.91. The van der Waals surface area contributed by atoms with E-state index < -0.39 is 6.04 Å². The van der Waals surface area contributed by atoms with Gasteiger partial charge in [0.2, 0.25) is 5.91 Å². The van der Waals surface area contributed by atoms with E-state index in [4.69, 9.17) is 0 Å². The Bertz CT molecular complexity index is 1060. The minimum atomic E-state index is -0.708. The molecule has 3 aromatic carbocycles. The summed E-state index contributed by atoms with van der Waals surface area (Å²) in [5, 5.41) is 6.02. The number of rotatable bonds is 7. The Kier molecular flexibility index (Phi) is 9.87. The van der Waals surface area contributed by atoms with Crippen LogP contribution in [0.2, 0.25) is 0 Å². The Morgan fingerprint density at radius 1 is 0.800 bits per heavy atom. The van der Waals surface area contributed by atoms with Crippen molar-refractivity contribution in [3.63, 3.8) is 0 Å². The third kappa shape index (κ3) is 7.42.